The van der Waals surface area contributed by atoms with Crippen LogP contribution in [0, 0.1) is 0 Å². The van der Waals surface area contributed by atoms with E-state index in [4.69, 9.17) is 4.74 Å². The third-order valence-electron chi connectivity index (χ3n) is 3.33. The smallest absolute Gasteiger partial charge is 0.122 e. The Bertz CT molecular complexity index is 521. The lowest BCUT2D eigenvalue weighted by Crippen LogP contribution is -2.21. The van der Waals surface area contributed by atoms with Crippen LogP contribution in [0.5, 0.6) is 5.75 Å². The predicted molar refractivity (Wildman–Crippen MR) is 75.5 cm³/mol. The van der Waals surface area contributed by atoms with Gasteiger partial charge >= 0.3 is 0 Å². The van der Waals surface area contributed by atoms with Gasteiger partial charge in [-0.3, -0.25) is 0 Å². The number of benzene rings is 1. The van der Waals surface area contributed by atoms with E-state index in [1.165, 1.54) is 16.7 Å². The molecule has 0 spiro atoms. The number of rotatable bonds is 4. The first-order valence-corrected chi connectivity index (χ1v) is 7.34. The van der Waals surface area contributed by atoms with Crippen LogP contribution in [0.3, 0.4) is 0 Å². The van der Waals surface area contributed by atoms with Crippen LogP contribution in [0.1, 0.15) is 29.7 Å². The van der Waals surface area contributed by atoms with Crippen molar-refractivity contribution in [3.05, 3.63) is 51.7 Å². The average molecular weight is 259 g/mol. The molecule has 1 atom stereocenters. The molecule has 3 rings (SSSR count). The summed E-state index contributed by atoms with van der Waals surface area (Å²) < 4.78 is 5.57. The molecule has 1 N–H and O–H groups in total. The van der Waals surface area contributed by atoms with Crippen molar-refractivity contribution in [3.63, 3.8) is 0 Å². The van der Waals surface area contributed by atoms with Gasteiger partial charge in [-0.25, -0.2) is 0 Å². The molecule has 2 aromatic rings. The van der Waals surface area contributed by atoms with E-state index >= 15 is 0 Å². The Morgan fingerprint density at radius 1 is 1.33 bits per heavy atom. The first kappa shape index (κ1) is 11.8. The second-order valence-electron chi connectivity index (χ2n) is 4.51. The topological polar surface area (TPSA) is 21.3 Å². The van der Waals surface area contributed by atoms with E-state index in [-0.39, 0.29) is 0 Å². The minimum atomic E-state index is 0.298. The summed E-state index contributed by atoms with van der Waals surface area (Å²) >= 11 is 1.75. The van der Waals surface area contributed by atoms with Crippen LogP contribution in [0.4, 0.5) is 0 Å². The highest BCUT2D eigenvalue weighted by Crippen LogP contribution is 2.31. The Morgan fingerprint density at radius 2 is 2.28 bits per heavy atom. The van der Waals surface area contributed by atoms with Crippen LogP contribution in [-0.2, 0) is 6.42 Å². The molecule has 3 heteroatoms. The normalized spacial score (nSPS) is 15.2. The van der Waals surface area contributed by atoms with Crippen LogP contribution in [0.2, 0.25) is 0 Å². The first-order chi connectivity index (χ1) is 8.88. The van der Waals surface area contributed by atoms with Crippen molar-refractivity contribution in [1.82, 2.24) is 5.32 Å². The molecular formula is C15H17NOS. The molecule has 0 amide bonds. The molecule has 2 nitrogen and oxygen atoms in total. The van der Waals surface area contributed by atoms with Crippen molar-refractivity contribution in [2.45, 2.75) is 19.4 Å². The zero-order valence-electron chi connectivity index (χ0n) is 10.5. The Balaban J connectivity index is 1.95. The fraction of sp³-hybridized carbons (Fsp3) is 0.333. The molecule has 0 radical (unpaired) electrons. The number of ether oxygens (including phenoxy) is 1. The van der Waals surface area contributed by atoms with Gasteiger partial charge in [0.25, 0.3) is 0 Å². The molecule has 0 saturated carbocycles. The Morgan fingerprint density at radius 3 is 3.06 bits per heavy atom. The van der Waals surface area contributed by atoms with Gasteiger partial charge in [0.2, 0.25) is 0 Å². The molecule has 94 valence electrons. The van der Waals surface area contributed by atoms with Crippen molar-refractivity contribution in [1.29, 1.82) is 0 Å². The molecule has 1 aliphatic heterocycles. The maximum absolute atomic E-state index is 5.57. The number of hydrogen-bond acceptors (Lipinski definition) is 3. The molecule has 1 aromatic carbocycles. The van der Waals surface area contributed by atoms with Crippen molar-refractivity contribution in [2.75, 3.05) is 13.2 Å². The van der Waals surface area contributed by atoms with Crippen molar-refractivity contribution >= 4 is 11.3 Å². The highest BCUT2D eigenvalue weighted by molar-refractivity contribution is 7.08. The van der Waals surface area contributed by atoms with Gasteiger partial charge in [-0.05, 0) is 46.1 Å². The summed E-state index contributed by atoms with van der Waals surface area (Å²) in [5.74, 6) is 1.05. The summed E-state index contributed by atoms with van der Waals surface area (Å²) in [6, 6.07) is 9.06. The highest BCUT2D eigenvalue weighted by atomic mass is 32.1. The summed E-state index contributed by atoms with van der Waals surface area (Å²) in [4.78, 5) is 0. The van der Waals surface area contributed by atoms with Gasteiger partial charge in [-0.2, -0.15) is 11.3 Å². The van der Waals surface area contributed by atoms with E-state index in [1.807, 2.05) is 0 Å². The fourth-order valence-corrected chi connectivity index (χ4v) is 3.14. The molecular weight excluding hydrogens is 242 g/mol. The number of fused-ring (bicyclic) bond motifs is 1. The predicted octanol–water partition coefficient (Wildman–Crippen LogP) is 3.38. The van der Waals surface area contributed by atoms with Gasteiger partial charge in [-0.15, -0.1) is 0 Å². The third-order valence-corrected chi connectivity index (χ3v) is 4.03. The second kappa shape index (κ2) is 5.12. The molecule has 0 saturated heterocycles. The van der Waals surface area contributed by atoms with Crippen molar-refractivity contribution in [2.24, 2.45) is 0 Å². The molecule has 1 aromatic heterocycles. The number of hydrogen-bond donors (Lipinski definition) is 1. The summed E-state index contributed by atoms with van der Waals surface area (Å²) in [6.45, 7) is 3.94. The van der Waals surface area contributed by atoms with Crippen molar-refractivity contribution < 1.29 is 4.74 Å². The molecule has 2 heterocycles. The minimum Gasteiger partial charge on any atom is -0.493 e. The van der Waals surface area contributed by atoms with Gasteiger partial charge in [0.15, 0.2) is 0 Å². The summed E-state index contributed by atoms with van der Waals surface area (Å²) in [7, 11) is 0. The zero-order chi connectivity index (χ0) is 12.4. The first-order valence-electron chi connectivity index (χ1n) is 6.39. The van der Waals surface area contributed by atoms with Gasteiger partial charge in [0.05, 0.1) is 12.6 Å². The van der Waals surface area contributed by atoms with Crippen LogP contribution in [-0.4, -0.2) is 13.2 Å². The molecule has 0 fully saturated rings. The zero-order valence-corrected chi connectivity index (χ0v) is 11.3. The van der Waals surface area contributed by atoms with E-state index in [9.17, 15) is 0 Å². The lowest BCUT2D eigenvalue weighted by molar-refractivity contribution is 0.357. The maximum atomic E-state index is 5.57. The lowest BCUT2D eigenvalue weighted by Gasteiger charge is -2.18. The summed E-state index contributed by atoms with van der Waals surface area (Å²) in [5, 5.41) is 7.91. The van der Waals surface area contributed by atoms with Gasteiger partial charge < -0.3 is 10.1 Å². The Labute approximate surface area is 112 Å². The molecule has 18 heavy (non-hydrogen) atoms. The average Bonchev–Trinajstić information content (AvgIpc) is 3.05. The van der Waals surface area contributed by atoms with E-state index in [2.05, 4.69) is 47.3 Å². The third kappa shape index (κ3) is 2.16. The van der Waals surface area contributed by atoms with E-state index in [0.29, 0.717) is 6.04 Å². The largest absolute Gasteiger partial charge is 0.493 e. The van der Waals surface area contributed by atoms with E-state index in [1.54, 1.807) is 11.3 Å². The quantitative estimate of drug-likeness (QED) is 0.909. The van der Waals surface area contributed by atoms with Gasteiger partial charge in [0, 0.05) is 6.42 Å². The standard InChI is InChI=1S/C15H17NOS/c1-2-16-15(13-6-8-18-10-13)12-3-4-14-11(9-12)5-7-17-14/h3-4,6,8-10,15-16H,2,5,7H2,1H3. The Hall–Kier alpha value is -1.32. The van der Waals surface area contributed by atoms with E-state index < -0.39 is 0 Å². The van der Waals surface area contributed by atoms with Crippen LogP contribution in [0.15, 0.2) is 35.0 Å². The number of thiophene rings is 1. The monoisotopic (exact) mass is 259 g/mol. The van der Waals surface area contributed by atoms with E-state index in [0.717, 1.165) is 25.3 Å². The second-order valence-corrected chi connectivity index (χ2v) is 5.29. The fourth-order valence-electron chi connectivity index (χ4n) is 2.46. The lowest BCUT2D eigenvalue weighted by atomic mass is 9.98. The maximum Gasteiger partial charge on any atom is 0.122 e. The minimum absolute atomic E-state index is 0.298. The molecule has 0 aliphatic carbocycles. The summed E-state index contributed by atoms with van der Waals surface area (Å²) in [6.07, 6.45) is 1.03. The van der Waals surface area contributed by atoms with Crippen LogP contribution in [0.25, 0.3) is 0 Å². The van der Waals surface area contributed by atoms with Crippen molar-refractivity contribution in [3.8, 4) is 5.75 Å². The molecule has 0 bridgehead atoms. The van der Waals surface area contributed by atoms with Crippen LogP contribution < -0.4 is 10.1 Å². The SMILES string of the molecule is CCNC(c1ccsc1)c1ccc2c(c1)CCO2. The van der Waals surface area contributed by atoms with Crippen LogP contribution >= 0.6 is 11.3 Å². The van der Waals surface area contributed by atoms with Gasteiger partial charge in [0.1, 0.15) is 5.75 Å². The highest BCUT2D eigenvalue weighted by Gasteiger charge is 2.17. The molecule has 1 aliphatic rings. The molecule has 1 unspecified atom stereocenters. The summed E-state index contributed by atoms with van der Waals surface area (Å²) in [5.41, 5.74) is 4.02. The Kier molecular flexibility index (Phi) is 3.35. The van der Waals surface area contributed by atoms with Gasteiger partial charge in [-0.1, -0.05) is 19.1 Å². The number of nitrogens with one attached hydrogen (secondary N) is 1.